The van der Waals surface area contributed by atoms with E-state index in [1.807, 2.05) is 41.4 Å². The van der Waals surface area contributed by atoms with Crippen molar-refractivity contribution in [1.29, 1.82) is 5.26 Å². The highest BCUT2D eigenvalue weighted by molar-refractivity contribution is 5.82. The van der Waals surface area contributed by atoms with Gasteiger partial charge in [0, 0.05) is 44.0 Å². The van der Waals surface area contributed by atoms with Crippen LogP contribution in [-0.2, 0) is 4.79 Å². The molecule has 2 aliphatic heterocycles. The predicted octanol–water partition coefficient (Wildman–Crippen LogP) is 2.52. The number of piperidine rings is 1. The molecule has 0 radical (unpaired) electrons. The summed E-state index contributed by atoms with van der Waals surface area (Å²) in [6, 6.07) is 12.1. The molecule has 4 rings (SSSR count). The SMILES string of the molecule is N#Cc1nccnc1N1CCC(C(=O)N2N=CC[C@H]2c2ccccc2)CC1. The van der Waals surface area contributed by atoms with Crippen molar-refractivity contribution in [3.05, 3.63) is 54.0 Å². The van der Waals surface area contributed by atoms with Crippen molar-refractivity contribution in [2.24, 2.45) is 11.0 Å². The van der Waals surface area contributed by atoms with Gasteiger partial charge in [-0.1, -0.05) is 30.3 Å². The number of carbonyl (C=O) groups excluding carboxylic acids is 1. The molecule has 0 unspecified atom stereocenters. The number of hydrogen-bond donors (Lipinski definition) is 0. The minimum absolute atomic E-state index is 0.0121. The number of anilines is 1. The molecule has 2 aliphatic rings. The third kappa shape index (κ3) is 3.38. The minimum Gasteiger partial charge on any atom is -0.354 e. The second kappa shape index (κ2) is 7.54. The molecule has 0 bridgehead atoms. The van der Waals surface area contributed by atoms with Gasteiger partial charge in [0.1, 0.15) is 6.07 Å². The molecule has 0 spiro atoms. The van der Waals surface area contributed by atoms with Crippen molar-refractivity contribution in [1.82, 2.24) is 15.0 Å². The van der Waals surface area contributed by atoms with E-state index in [0.29, 0.717) is 37.4 Å². The Morgan fingerprint density at radius 2 is 1.85 bits per heavy atom. The second-order valence-corrected chi connectivity index (χ2v) is 6.74. The fourth-order valence-electron chi connectivity index (χ4n) is 3.74. The van der Waals surface area contributed by atoms with E-state index in [4.69, 9.17) is 0 Å². The molecule has 1 fully saturated rings. The van der Waals surface area contributed by atoms with Gasteiger partial charge in [0.15, 0.2) is 11.5 Å². The van der Waals surface area contributed by atoms with Gasteiger partial charge < -0.3 is 4.90 Å². The van der Waals surface area contributed by atoms with Crippen LogP contribution >= 0.6 is 0 Å². The number of carbonyl (C=O) groups is 1. The Morgan fingerprint density at radius 3 is 2.59 bits per heavy atom. The van der Waals surface area contributed by atoms with Crippen LogP contribution in [0, 0.1) is 17.2 Å². The molecule has 136 valence electrons. The van der Waals surface area contributed by atoms with Crippen molar-refractivity contribution >= 4 is 17.9 Å². The Hall–Kier alpha value is -3.27. The normalized spacial score (nSPS) is 19.9. The Labute approximate surface area is 158 Å². The van der Waals surface area contributed by atoms with Gasteiger partial charge in [-0.25, -0.2) is 15.0 Å². The van der Waals surface area contributed by atoms with Crippen LogP contribution in [0.4, 0.5) is 5.82 Å². The summed E-state index contributed by atoms with van der Waals surface area (Å²) in [7, 11) is 0. The largest absolute Gasteiger partial charge is 0.354 e. The van der Waals surface area contributed by atoms with Crippen molar-refractivity contribution in [3.63, 3.8) is 0 Å². The molecule has 1 amide bonds. The van der Waals surface area contributed by atoms with Crippen LogP contribution in [0.15, 0.2) is 47.8 Å². The molecule has 0 N–H and O–H groups in total. The Morgan fingerprint density at radius 1 is 1.11 bits per heavy atom. The number of hydrazone groups is 1. The fourth-order valence-corrected chi connectivity index (χ4v) is 3.74. The predicted molar refractivity (Wildman–Crippen MR) is 101 cm³/mol. The van der Waals surface area contributed by atoms with Crippen LogP contribution in [0.2, 0.25) is 0 Å². The van der Waals surface area contributed by atoms with E-state index < -0.39 is 0 Å². The van der Waals surface area contributed by atoms with Crippen molar-refractivity contribution in [2.75, 3.05) is 18.0 Å². The van der Waals surface area contributed by atoms with Crippen molar-refractivity contribution < 1.29 is 4.79 Å². The van der Waals surface area contributed by atoms with Crippen molar-refractivity contribution in [2.45, 2.75) is 25.3 Å². The average molecular weight is 360 g/mol. The highest BCUT2D eigenvalue weighted by Gasteiger charge is 2.35. The number of nitrogens with zero attached hydrogens (tertiary/aromatic N) is 6. The Kier molecular flexibility index (Phi) is 4.79. The van der Waals surface area contributed by atoms with Gasteiger partial charge >= 0.3 is 0 Å². The van der Waals surface area contributed by atoms with Gasteiger partial charge in [-0.2, -0.15) is 10.4 Å². The van der Waals surface area contributed by atoms with Gasteiger partial charge in [-0.3, -0.25) is 4.79 Å². The van der Waals surface area contributed by atoms with E-state index in [9.17, 15) is 10.1 Å². The fraction of sp³-hybridized carbons (Fsp3) is 0.350. The first-order chi connectivity index (χ1) is 13.3. The molecule has 0 saturated carbocycles. The lowest BCUT2D eigenvalue weighted by molar-refractivity contribution is -0.138. The monoisotopic (exact) mass is 360 g/mol. The van der Waals surface area contributed by atoms with Crippen LogP contribution in [-0.4, -0.2) is 40.2 Å². The summed E-state index contributed by atoms with van der Waals surface area (Å²) in [6.07, 6.45) is 7.12. The quantitative estimate of drug-likeness (QED) is 0.839. The van der Waals surface area contributed by atoms with Crippen LogP contribution in [0.5, 0.6) is 0 Å². The number of rotatable bonds is 3. The molecule has 1 atom stereocenters. The number of nitriles is 1. The first kappa shape index (κ1) is 17.2. The van der Waals surface area contributed by atoms with E-state index in [0.717, 1.165) is 12.0 Å². The molecule has 2 aromatic rings. The topological polar surface area (TPSA) is 85.5 Å². The lowest BCUT2D eigenvalue weighted by atomic mass is 9.94. The summed E-state index contributed by atoms with van der Waals surface area (Å²) in [5, 5.41) is 15.2. The zero-order valence-corrected chi connectivity index (χ0v) is 14.9. The van der Waals surface area contributed by atoms with Gasteiger partial charge in [0.2, 0.25) is 5.91 Å². The number of aromatic nitrogens is 2. The number of amides is 1. The lowest BCUT2D eigenvalue weighted by Gasteiger charge is -2.34. The maximum Gasteiger partial charge on any atom is 0.246 e. The Balaban J connectivity index is 1.43. The summed E-state index contributed by atoms with van der Waals surface area (Å²) in [6.45, 7) is 1.36. The number of hydrogen-bond acceptors (Lipinski definition) is 6. The molecular formula is C20H20N6O. The van der Waals surface area contributed by atoms with Crippen molar-refractivity contribution in [3.8, 4) is 6.07 Å². The first-order valence-corrected chi connectivity index (χ1v) is 9.14. The molecule has 3 heterocycles. The first-order valence-electron chi connectivity index (χ1n) is 9.14. The maximum absolute atomic E-state index is 13.1. The molecule has 7 heteroatoms. The highest BCUT2D eigenvalue weighted by Crippen LogP contribution is 2.32. The van der Waals surface area contributed by atoms with Crippen LogP contribution in [0.25, 0.3) is 0 Å². The summed E-state index contributed by atoms with van der Waals surface area (Å²) < 4.78 is 0. The molecule has 7 nitrogen and oxygen atoms in total. The number of benzene rings is 1. The molecule has 1 aromatic carbocycles. The molecule has 1 saturated heterocycles. The molecular weight excluding hydrogens is 340 g/mol. The minimum atomic E-state index is -0.0649. The summed E-state index contributed by atoms with van der Waals surface area (Å²) >= 11 is 0. The standard InChI is InChI=1S/C20H20N6O/c21-14-17-19(23-11-10-22-17)25-12-7-16(8-13-25)20(27)26-18(6-9-24-26)15-4-2-1-3-5-15/h1-5,9-11,16,18H,6-8,12-13H2/t18-/m0/s1. The van der Waals surface area contributed by atoms with Gasteiger partial charge in [0.05, 0.1) is 6.04 Å². The average Bonchev–Trinajstić information content (AvgIpc) is 3.24. The second-order valence-electron chi connectivity index (χ2n) is 6.74. The zero-order chi connectivity index (χ0) is 18.6. The summed E-state index contributed by atoms with van der Waals surface area (Å²) in [4.78, 5) is 23.5. The third-order valence-electron chi connectivity index (χ3n) is 5.17. The van der Waals surface area contributed by atoms with E-state index in [2.05, 4.69) is 21.1 Å². The van der Waals surface area contributed by atoms with Gasteiger partial charge in [-0.15, -0.1) is 0 Å². The Bertz CT molecular complexity index is 883. The summed E-state index contributed by atoms with van der Waals surface area (Å²) in [5.41, 5.74) is 1.44. The van der Waals surface area contributed by atoms with E-state index in [-0.39, 0.29) is 17.9 Å². The molecule has 27 heavy (non-hydrogen) atoms. The highest BCUT2D eigenvalue weighted by atomic mass is 16.2. The maximum atomic E-state index is 13.1. The lowest BCUT2D eigenvalue weighted by Crippen LogP contribution is -2.41. The van der Waals surface area contributed by atoms with E-state index in [1.54, 1.807) is 11.2 Å². The third-order valence-corrected chi connectivity index (χ3v) is 5.17. The molecule has 0 aliphatic carbocycles. The summed E-state index contributed by atoms with van der Waals surface area (Å²) in [5.74, 6) is 0.620. The van der Waals surface area contributed by atoms with E-state index in [1.165, 1.54) is 6.20 Å². The van der Waals surface area contributed by atoms with Crippen LogP contribution in [0.1, 0.15) is 36.6 Å². The van der Waals surface area contributed by atoms with E-state index >= 15 is 0 Å². The van der Waals surface area contributed by atoms with Gasteiger partial charge in [-0.05, 0) is 18.4 Å². The van der Waals surface area contributed by atoms with Crippen LogP contribution < -0.4 is 4.90 Å². The zero-order valence-electron chi connectivity index (χ0n) is 14.9. The van der Waals surface area contributed by atoms with Gasteiger partial charge in [0.25, 0.3) is 0 Å². The smallest absolute Gasteiger partial charge is 0.246 e. The molecule has 1 aromatic heterocycles. The van der Waals surface area contributed by atoms with Crippen LogP contribution in [0.3, 0.4) is 0 Å².